The number of rotatable bonds is 4. The highest BCUT2D eigenvalue weighted by Gasteiger charge is 2.14. The third-order valence-electron chi connectivity index (χ3n) is 3.81. The normalized spacial score (nSPS) is 14.2. The molecular formula is C18H18ClNS. The maximum atomic E-state index is 6.03. The minimum atomic E-state index is 0.284. The molecule has 0 saturated heterocycles. The van der Waals surface area contributed by atoms with Gasteiger partial charge in [-0.25, -0.2) is 0 Å². The van der Waals surface area contributed by atoms with Crippen LogP contribution < -0.4 is 5.32 Å². The van der Waals surface area contributed by atoms with Gasteiger partial charge in [-0.05, 0) is 42.3 Å². The van der Waals surface area contributed by atoms with Crippen molar-refractivity contribution in [3.05, 3.63) is 69.4 Å². The molecule has 0 aliphatic rings. The van der Waals surface area contributed by atoms with E-state index in [9.17, 15) is 0 Å². The summed E-state index contributed by atoms with van der Waals surface area (Å²) in [5.74, 6) is 0. The number of nitrogens with one attached hydrogen (secondary N) is 1. The van der Waals surface area contributed by atoms with Crippen LogP contribution in [0, 0.1) is 0 Å². The molecule has 1 N–H and O–H groups in total. The molecule has 3 heteroatoms. The lowest BCUT2D eigenvalue weighted by atomic mass is 9.99. The zero-order valence-corrected chi connectivity index (χ0v) is 13.7. The van der Waals surface area contributed by atoms with E-state index in [1.165, 1.54) is 21.2 Å². The van der Waals surface area contributed by atoms with E-state index < -0.39 is 0 Å². The molecule has 0 aliphatic carbocycles. The summed E-state index contributed by atoms with van der Waals surface area (Å²) < 4.78 is 0.844. The van der Waals surface area contributed by atoms with Crippen molar-refractivity contribution < 1.29 is 0 Å². The molecule has 2 atom stereocenters. The highest BCUT2D eigenvalue weighted by atomic mass is 35.5. The van der Waals surface area contributed by atoms with Crippen molar-refractivity contribution in [2.24, 2.45) is 0 Å². The topological polar surface area (TPSA) is 12.0 Å². The summed E-state index contributed by atoms with van der Waals surface area (Å²) in [5.41, 5.74) is 1.34. The molecule has 21 heavy (non-hydrogen) atoms. The van der Waals surface area contributed by atoms with Crippen molar-refractivity contribution in [1.82, 2.24) is 5.32 Å². The highest BCUT2D eigenvalue weighted by Crippen LogP contribution is 2.30. The predicted octanol–water partition coefficient (Wildman–Crippen LogP) is 5.97. The lowest BCUT2D eigenvalue weighted by Crippen LogP contribution is -2.22. The molecule has 1 heterocycles. The molecule has 1 nitrogen and oxygen atoms in total. The van der Waals surface area contributed by atoms with Crippen LogP contribution in [0.3, 0.4) is 0 Å². The van der Waals surface area contributed by atoms with Crippen LogP contribution in [0.2, 0.25) is 4.34 Å². The average molecular weight is 316 g/mol. The van der Waals surface area contributed by atoms with Gasteiger partial charge in [-0.1, -0.05) is 54.1 Å². The molecule has 108 valence electrons. The second-order valence-electron chi connectivity index (χ2n) is 5.32. The smallest absolute Gasteiger partial charge is 0.0931 e. The second-order valence-corrected chi connectivity index (χ2v) is 7.07. The fourth-order valence-electron chi connectivity index (χ4n) is 2.74. The van der Waals surface area contributed by atoms with E-state index in [1.54, 1.807) is 11.3 Å². The zero-order chi connectivity index (χ0) is 14.8. The van der Waals surface area contributed by atoms with E-state index in [1.807, 2.05) is 6.07 Å². The van der Waals surface area contributed by atoms with Gasteiger partial charge in [0.05, 0.1) is 4.34 Å². The first-order chi connectivity index (χ1) is 10.1. The fourth-order valence-corrected chi connectivity index (χ4v) is 3.81. The van der Waals surface area contributed by atoms with E-state index in [0.717, 1.165) is 4.34 Å². The van der Waals surface area contributed by atoms with Crippen molar-refractivity contribution in [3.8, 4) is 0 Å². The van der Waals surface area contributed by atoms with Crippen LogP contribution in [0.4, 0.5) is 0 Å². The standard InChI is InChI=1S/C18H18ClNS/c1-12(20-13(2)17-10-11-18(19)21-17)15-9-5-7-14-6-3-4-8-16(14)15/h3-13,20H,1-2H3. The van der Waals surface area contributed by atoms with Crippen molar-refractivity contribution in [1.29, 1.82) is 0 Å². The van der Waals surface area contributed by atoms with Gasteiger partial charge >= 0.3 is 0 Å². The fraction of sp³-hybridized carbons (Fsp3) is 0.222. The van der Waals surface area contributed by atoms with Gasteiger partial charge in [-0.2, -0.15) is 0 Å². The number of fused-ring (bicyclic) bond motifs is 1. The Balaban J connectivity index is 1.85. The Hall–Kier alpha value is -1.35. The number of thiophene rings is 1. The van der Waals surface area contributed by atoms with Crippen LogP contribution in [0.25, 0.3) is 10.8 Å². The van der Waals surface area contributed by atoms with Crippen molar-refractivity contribution in [2.45, 2.75) is 25.9 Å². The van der Waals surface area contributed by atoms with E-state index in [2.05, 4.69) is 67.7 Å². The lowest BCUT2D eigenvalue weighted by Gasteiger charge is -2.21. The highest BCUT2D eigenvalue weighted by molar-refractivity contribution is 7.16. The second kappa shape index (κ2) is 6.18. The van der Waals surface area contributed by atoms with Crippen molar-refractivity contribution in [2.75, 3.05) is 0 Å². The third kappa shape index (κ3) is 3.13. The first-order valence-electron chi connectivity index (χ1n) is 7.14. The summed E-state index contributed by atoms with van der Waals surface area (Å²) in [5, 5.41) is 6.27. The summed E-state index contributed by atoms with van der Waals surface area (Å²) in [6.45, 7) is 4.40. The van der Waals surface area contributed by atoms with Crippen molar-refractivity contribution >= 4 is 33.7 Å². The number of hydrogen-bond acceptors (Lipinski definition) is 2. The molecule has 1 aromatic heterocycles. The first kappa shape index (κ1) is 14.6. The molecule has 0 fully saturated rings. The third-order valence-corrected chi connectivity index (χ3v) is 5.22. The first-order valence-corrected chi connectivity index (χ1v) is 8.33. The molecule has 3 rings (SSSR count). The van der Waals surface area contributed by atoms with E-state index in [-0.39, 0.29) is 12.1 Å². The van der Waals surface area contributed by atoms with Gasteiger partial charge in [0, 0.05) is 17.0 Å². The monoisotopic (exact) mass is 315 g/mol. The molecular weight excluding hydrogens is 298 g/mol. The quantitative estimate of drug-likeness (QED) is 0.625. The lowest BCUT2D eigenvalue weighted by molar-refractivity contribution is 0.502. The largest absolute Gasteiger partial charge is 0.303 e. The molecule has 2 aromatic carbocycles. The van der Waals surface area contributed by atoms with Gasteiger partial charge in [0.15, 0.2) is 0 Å². The summed E-state index contributed by atoms with van der Waals surface area (Å²) in [6.07, 6.45) is 0. The Kier molecular flexibility index (Phi) is 4.29. The van der Waals surface area contributed by atoms with Crippen molar-refractivity contribution in [3.63, 3.8) is 0 Å². The Labute approximate surface area is 134 Å². The molecule has 0 bridgehead atoms. The summed E-state index contributed by atoms with van der Waals surface area (Å²) in [7, 11) is 0. The summed E-state index contributed by atoms with van der Waals surface area (Å²) >= 11 is 7.67. The average Bonchev–Trinajstić information content (AvgIpc) is 2.93. The van der Waals surface area contributed by atoms with Crippen LogP contribution in [0.1, 0.15) is 36.4 Å². The minimum absolute atomic E-state index is 0.284. The van der Waals surface area contributed by atoms with Crippen LogP contribution in [-0.4, -0.2) is 0 Å². The van der Waals surface area contributed by atoms with Gasteiger partial charge in [-0.3, -0.25) is 0 Å². The Morgan fingerprint density at radius 3 is 2.43 bits per heavy atom. The minimum Gasteiger partial charge on any atom is -0.303 e. The van der Waals surface area contributed by atoms with Crippen LogP contribution in [-0.2, 0) is 0 Å². The number of halogens is 1. The number of benzene rings is 2. The molecule has 0 spiro atoms. The molecule has 2 unspecified atom stereocenters. The number of hydrogen-bond donors (Lipinski definition) is 1. The maximum Gasteiger partial charge on any atom is 0.0931 e. The van der Waals surface area contributed by atoms with Crippen LogP contribution in [0.5, 0.6) is 0 Å². The van der Waals surface area contributed by atoms with Gasteiger partial charge in [0.25, 0.3) is 0 Å². The van der Waals surface area contributed by atoms with Crippen LogP contribution >= 0.6 is 22.9 Å². The SMILES string of the molecule is CC(NC(C)c1cccc2ccccc12)c1ccc(Cl)s1. The van der Waals surface area contributed by atoms with Gasteiger partial charge in [0.1, 0.15) is 0 Å². The molecule has 0 saturated carbocycles. The summed E-state index contributed by atoms with van der Waals surface area (Å²) in [6, 6.07) is 19.7. The van der Waals surface area contributed by atoms with Crippen LogP contribution in [0.15, 0.2) is 54.6 Å². The van der Waals surface area contributed by atoms with E-state index in [4.69, 9.17) is 11.6 Å². The zero-order valence-electron chi connectivity index (χ0n) is 12.1. The molecule has 0 amide bonds. The Morgan fingerprint density at radius 2 is 1.67 bits per heavy atom. The Morgan fingerprint density at radius 1 is 0.905 bits per heavy atom. The van der Waals surface area contributed by atoms with E-state index >= 15 is 0 Å². The molecule has 0 radical (unpaired) electrons. The van der Waals surface area contributed by atoms with Gasteiger partial charge in [0.2, 0.25) is 0 Å². The molecule has 3 aromatic rings. The maximum absolute atomic E-state index is 6.03. The van der Waals surface area contributed by atoms with E-state index in [0.29, 0.717) is 0 Å². The van der Waals surface area contributed by atoms with Gasteiger partial charge in [-0.15, -0.1) is 11.3 Å². The van der Waals surface area contributed by atoms with Gasteiger partial charge < -0.3 is 5.32 Å². The summed E-state index contributed by atoms with van der Waals surface area (Å²) in [4.78, 5) is 1.27. The predicted molar refractivity (Wildman–Crippen MR) is 93.2 cm³/mol. The molecule has 0 aliphatic heterocycles. The Bertz CT molecular complexity index is 744.